The van der Waals surface area contributed by atoms with Crippen molar-refractivity contribution in [3.8, 4) is 5.82 Å². The van der Waals surface area contributed by atoms with Gasteiger partial charge in [-0.05, 0) is 30.1 Å². The highest BCUT2D eigenvalue weighted by atomic mass is 16.6. The first-order valence-corrected chi connectivity index (χ1v) is 8.13. The Morgan fingerprint density at radius 1 is 1.50 bits per heavy atom. The average Bonchev–Trinajstić information content (AvgIpc) is 3.13. The number of anilines is 1. The second-order valence-corrected chi connectivity index (χ2v) is 6.12. The predicted molar refractivity (Wildman–Crippen MR) is 82.4 cm³/mol. The Bertz CT molecular complexity index is 711. The van der Waals surface area contributed by atoms with E-state index in [-0.39, 0.29) is 23.9 Å². The molecule has 0 spiro atoms. The minimum atomic E-state index is -0.502. The number of esters is 1. The quantitative estimate of drug-likeness (QED) is 0.681. The highest BCUT2D eigenvalue weighted by Crippen LogP contribution is 2.16. The molecule has 2 aromatic rings. The molecule has 2 aromatic heterocycles. The highest BCUT2D eigenvalue weighted by Gasteiger charge is 2.29. The van der Waals surface area contributed by atoms with Gasteiger partial charge in [-0.25, -0.2) is 9.42 Å². The molecule has 0 radical (unpaired) electrons. The fraction of sp³-hybridized carbons (Fsp3) is 0.643. The van der Waals surface area contributed by atoms with E-state index in [1.165, 1.54) is 16.0 Å². The molecular formula is C14H22N7O3+. The number of carbonyl (C=O) groups is 1. The summed E-state index contributed by atoms with van der Waals surface area (Å²) in [4.78, 5) is 13.6. The smallest absolute Gasteiger partial charge is 0.361 e. The summed E-state index contributed by atoms with van der Waals surface area (Å²) >= 11 is 0. The zero-order valence-corrected chi connectivity index (χ0v) is 13.9. The molecule has 1 fully saturated rings. The lowest BCUT2D eigenvalue weighted by Crippen LogP contribution is -3.12. The Morgan fingerprint density at radius 2 is 2.33 bits per heavy atom. The molecule has 2 atom stereocenters. The van der Waals surface area contributed by atoms with Crippen molar-refractivity contribution in [1.29, 1.82) is 0 Å². The number of nitrogens with two attached hydrogens (primary N) is 1. The SMILES string of the molecule is CCOC(=O)c1nnn(-c2nonc2N)c1C[NH+]1CCC[C@@H](C)C1. The molecule has 10 nitrogen and oxygen atoms in total. The number of likely N-dealkylation sites (tertiary alicyclic amines) is 1. The summed E-state index contributed by atoms with van der Waals surface area (Å²) in [5.41, 5.74) is 6.56. The maximum absolute atomic E-state index is 12.2. The highest BCUT2D eigenvalue weighted by molar-refractivity contribution is 5.88. The monoisotopic (exact) mass is 336 g/mol. The second-order valence-electron chi connectivity index (χ2n) is 6.12. The largest absolute Gasteiger partial charge is 0.461 e. The van der Waals surface area contributed by atoms with Gasteiger partial charge < -0.3 is 15.4 Å². The van der Waals surface area contributed by atoms with Gasteiger partial charge in [0.25, 0.3) is 0 Å². The average molecular weight is 336 g/mol. The number of nitrogens with one attached hydrogen (secondary N) is 1. The number of hydrogen-bond acceptors (Lipinski definition) is 8. The lowest BCUT2D eigenvalue weighted by molar-refractivity contribution is -0.922. The summed E-state index contributed by atoms with van der Waals surface area (Å²) < 4.78 is 11.1. The number of aromatic nitrogens is 5. The first kappa shape index (κ1) is 16.4. The van der Waals surface area contributed by atoms with E-state index < -0.39 is 5.97 Å². The normalized spacial score (nSPS) is 20.9. The predicted octanol–water partition coefficient (Wildman–Crippen LogP) is -0.776. The number of nitrogens with zero attached hydrogens (tertiary/aromatic N) is 5. The molecule has 130 valence electrons. The molecule has 0 saturated carbocycles. The third-order valence-corrected chi connectivity index (χ3v) is 4.21. The van der Waals surface area contributed by atoms with Crippen LogP contribution in [0.1, 0.15) is 42.9 Å². The van der Waals surface area contributed by atoms with Crippen LogP contribution in [0.25, 0.3) is 5.82 Å². The zero-order chi connectivity index (χ0) is 17.1. The first-order valence-electron chi connectivity index (χ1n) is 8.13. The van der Waals surface area contributed by atoms with Crippen LogP contribution >= 0.6 is 0 Å². The summed E-state index contributed by atoms with van der Waals surface area (Å²) in [5, 5.41) is 15.3. The van der Waals surface area contributed by atoms with Gasteiger partial charge in [-0.15, -0.1) is 5.10 Å². The first-order chi connectivity index (χ1) is 11.6. The minimum absolute atomic E-state index is 0.0959. The van der Waals surface area contributed by atoms with Crippen molar-refractivity contribution in [1.82, 2.24) is 25.3 Å². The fourth-order valence-corrected chi connectivity index (χ4v) is 3.12. The Hall–Kier alpha value is -2.49. The van der Waals surface area contributed by atoms with Crippen LogP contribution in [0.4, 0.5) is 5.82 Å². The van der Waals surface area contributed by atoms with Gasteiger partial charge in [-0.2, -0.15) is 4.68 Å². The van der Waals surface area contributed by atoms with E-state index >= 15 is 0 Å². The number of hydrogen-bond donors (Lipinski definition) is 2. The summed E-state index contributed by atoms with van der Waals surface area (Å²) in [7, 11) is 0. The Kier molecular flexibility index (Phi) is 4.74. The number of nitrogen functional groups attached to an aromatic ring is 1. The molecule has 10 heteroatoms. The van der Waals surface area contributed by atoms with Crippen LogP contribution in [0.5, 0.6) is 0 Å². The standard InChI is InChI=1S/C14H21N7O3/c1-3-23-14(22)11-10(8-20-6-4-5-9(2)7-20)21(19-16-11)13-12(15)17-24-18-13/h9H,3-8H2,1-2H3,(H2,15,17)/p+1/t9-/m1/s1. The Balaban J connectivity index is 1.95. The third-order valence-electron chi connectivity index (χ3n) is 4.21. The van der Waals surface area contributed by atoms with E-state index in [1.54, 1.807) is 6.92 Å². The topological polar surface area (TPSA) is 126 Å². The fourth-order valence-electron chi connectivity index (χ4n) is 3.12. The van der Waals surface area contributed by atoms with Gasteiger partial charge in [-0.3, -0.25) is 0 Å². The molecule has 0 amide bonds. The van der Waals surface area contributed by atoms with Crippen LogP contribution in [-0.4, -0.2) is 51.0 Å². The molecule has 0 aromatic carbocycles. The van der Waals surface area contributed by atoms with Gasteiger partial charge in [0.15, 0.2) is 5.69 Å². The molecule has 1 saturated heterocycles. The number of rotatable bonds is 5. The number of quaternary nitrogens is 1. The molecule has 1 aliphatic rings. The summed E-state index contributed by atoms with van der Waals surface area (Å²) in [5.74, 6) is 0.470. The molecule has 1 unspecified atom stereocenters. The molecule has 0 aliphatic carbocycles. The van der Waals surface area contributed by atoms with Crippen molar-refractivity contribution in [3.05, 3.63) is 11.4 Å². The number of carbonyl (C=O) groups excluding carboxylic acids is 1. The molecule has 3 N–H and O–H groups in total. The van der Waals surface area contributed by atoms with E-state index in [0.717, 1.165) is 19.5 Å². The summed E-state index contributed by atoms with van der Waals surface area (Å²) in [6.45, 7) is 6.90. The molecule has 24 heavy (non-hydrogen) atoms. The number of piperidine rings is 1. The molecule has 3 rings (SSSR count). The lowest BCUT2D eigenvalue weighted by Gasteiger charge is -2.27. The molecule has 0 bridgehead atoms. The molecule has 3 heterocycles. The summed E-state index contributed by atoms with van der Waals surface area (Å²) in [6, 6.07) is 0. The van der Waals surface area contributed by atoms with Crippen molar-refractivity contribution < 1.29 is 19.1 Å². The Morgan fingerprint density at radius 3 is 3.00 bits per heavy atom. The van der Waals surface area contributed by atoms with E-state index in [4.69, 9.17) is 10.5 Å². The maximum atomic E-state index is 12.2. The maximum Gasteiger partial charge on any atom is 0.361 e. The molecular weight excluding hydrogens is 314 g/mol. The Labute approximate surface area is 138 Å². The van der Waals surface area contributed by atoms with Gasteiger partial charge in [0.05, 0.1) is 19.7 Å². The van der Waals surface area contributed by atoms with Gasteiger partial charge in [0, 0.05) is 5.92 Å². The van der Waals surface area contributed by atoms with Crippen LogP contribution in [0, 0.1) is 5.92 Å². The van der Waals surface area contributed by atoms with E-state index in [9.17, 15) is 4.79 Å². The molecule has 1 aliphatic heterocycles. The van der Waals surface area contributed by atoms with Crippen molar-refractivity contribution in [2.45, 2.75) is 33.2 Å². The van der Waals surface area contributed by atoms with Crippen LogP contribution < -0.4 is 10.6 Å². The van der Waals surface area contributed by atoms with Gasteiger partial charge >= 0.3 is 5.97 Å². The second kappa shape index (κ2) is 6.95. The van der Waals surface area contributed by atoms with Crippen molar-refractivity contribution in [3.63, 3.8) is 0 Å². The van der Waals surface area contributed by atoms with E-state index in [0.29, 0.717) is 18.2 Å². The lowest BCUT2D eigenvalue weighted by atomic mass is 10.00. The van der Waals surface area contributed by atoms with E-state index in [1.807, 2.05) is 0 Å². The van der Waals surface area contributed by atoms with Crippen molar-refractivity contribution in [2.24, 2.45) is 5.92 Å². The van der Waals surface area contributed by atoms with Gasteiger partial charge in [0.2, 0.25) is 11.6 Å². The van der Waals surface area contributed by atoms with Gasteiger partial charge in [-0.1, -0.05) is 12.1 Å². The van der Waals surface area contributed by atoms with Gasteiger partial charge in [0.1, 0.15) is 12.2 Å². The van der Waals surface area contributed by atoms with Crippen LogP contribution in [0.15, 0.2) is 4.63 Å². The van der Waals surface area contributed by atoms with Crippen LogP contribution in [0.3, 0.4) is 0 Å². The van der Waals surface area contributed by atoms with E-state index in [2.05, 4.69) is 32.2 Å². The van der Waals surface area contributed by atoms with Crippen molar-refractivity contribution >= 4 is 11.8 Å². The zero-order valence-electron chi connectivity index (χ0n) is 13.9. The van der Waals surface area contributed by atoms with Crippen molar-refractivity contribution in [2.75, 3.05) is 25.4 Å². The van der Waals surface area contributed by atoms with Crippen LogP contribution in [-0.2, 0) is 11.3 Å². The summed E-state index contributed by atoms with van der Waals surface area (Å²) in [6.07, 6.45) is 2.38. The van der Waals surface area contributed by atoms with Crippen LogP contribution in [0.2, 0.25) is 0 Å². The minimum Gasteiger partial charge on any atom is -0.461 e. The number of ether oxygens (including phenoxy) is 1. The third kappa shape index (κ3) is 3.23.